The van der Waals surface area contributed by atoms with Gasteiger partial charge in [-0.25, -0.2) is 18.3 Å². The molecule has 8 heteroatoms. The molecule has 0 saturated carbocycles. The van der Waals surface area contributed by atoms with Gasteiger partial charge in [-0.15, -0.1) is 0 Å². The molecule has 6 nitrogen and oxygen atoms in total. The van der Waals surface area contributed by atoms with E-state index in [2.05, 4.69) is 10.00 Å². The van der Waals surface area contributed by atoms with Gasteiger partial charge in [0.2, 0.25) is 0 Å². The smallest absolute Gasteiger partial charge is 0.301 e. The summed E-state index contributed by atoms with van der Waals surface area (Å²) in [6, 6.07) is 3.10. The van der Waals surface area contributed by atoms with Crippen LogP contribution in [0.3, 0.4) is 0 Å². The number of benzene rings is 1. The number of likely N-dealkylation sites (tertiary alicyclic amines) is 1. The average Bonchev–Trinajstić information content (AvgIpc) is 3.02. The van der Waals surface area contributed by atoms with Gasteiger partial charge in [0.05, 0.1) is 12.1 Å². The van der Waals surface area contributed by atoms with Gasteiger partial charge in [0.15, 0.2) is 5.78 Å². The molecule has 0 radical (unpaired) electrons. The van der Waals surface area contributed by atoms with Gasteiger partial charge in [-0.05, 0) is 50.9 Å². The average molecular weight is 390 g/mol. The molecule has 3 heterocycles. The second-order valence-electron chi connectivity index (χ2n) is 7.64. The molecule has 1 saturated heterocycles. The molecule has 28 heavy (non-hydrogen) atoms. The number of fused-ring (bicyclic) bond motifs is 1. The van der Waals surface area contributed by atoms with Gasteiger partial charge in [0.1, 0.15) is 17.5 Å². The molecule has 0 atom stereocenters. The Kier molecular flexibility index (Phi) is 5.39. The number of piperidine rings is 1. The molecule has 2 aliphatic heterocycles. The van der Waals surface area contributed by atoms with Crippen molar-refractivity contribution in [3.05, 3.63) is 51.7 Å². The first-order valence-corrected chi connectivity index (χ1v) is 9.91. The van der Waals surface area contributed by atoms with Gasteiger partial charge in [-0.3, -0.25) is 9.36 Å². The lowest BCUT2D eigenvalue weighted by atomic mass is 9.88. The van der Waals surface area contributed by atoms with Crippen LogP contribution in [0.15, 0.2) is 23.0 Å². The predicted octanol–water partition coefficient (Wildman–Crippen LogP) is 2.25. The third kappa shape index (κ3) is 3.78. The zero-order chi connectivity index (χ0) is 19.7. The Bertz CT molecular complexity index is 929. The number of hydrogen-bond acceptors (Lipinski definition) is 4. The lowest BCUT2D eigenvalue weighted by Crippen LogP contribution is -2.39. The lowest BCUT2D eigenvalue weighted by molar-refractivity contribution is 0.0832. The van der Waals surface area contributed by atoms with Gasteiger partial charge >= 0.3 is 5.69 Å². The Labute approximate surface area is 161 Å². The third-order valence-corrected chi connectivity index (χ3v) is 5.81. The van der Waals surface area contributed by atoms with Crippen molar-refractivity contribution in [2.45, 2.75) is 45.2 Å². The van der Waals surface area contributed by atoms with Gasteiger partial charge < -0.3 is 4.90 Å². The molecule has 2 aliphatic rings. The summed E-state index contributed by atoms with van der Waals surface area (Å²) in [7, 11) is 0. The van der Waals surface area contributed by atoms with E-state index in [1.165, 1.54) is 6.07 Å². The Morgan fingerprint density at radius 2 is 1.89 bits per heavy atom. The second kappa shape index (κ2) is 7.95. The van der Waals surface area contributed by atoms with E-state index in [0.29, 0.717) is 39.0 Å². The number of halogens is 2. The van der Waals surface area contributed by atoms with Crippen LogP contribution in [0.1, 0.15) is 41.9 Å². The van der Waals surface area contributed by atoms with Crippen molar-refractivity contribution in [3.8, 4) is 0 Å². The van der Waals surface area contributed by atoms with Crippen LogP contribution in [0.2, 0.25) is 0 Å². The van der Waals surface area contributed by atoms with E-state index in [9.17, 15) is 18.4 Å². The van der Waals surface area contributed by atoms with Crippen LogP contribution in [0.5, 0.6) is 0 Å². The summed E-state index contributed by atoms with van der Waals surface area (Å²) in [5.74, 6) is -1.11. The number of aromatic nitrogens is 3. The summed E-state index contributed by atoms with van der Waals surface area (Å²) in [6.07, 6.45) is 4.21. The summed E-state index contributed by atoms with van der Waals surface area (Å²) in [5, 5.41) is 4.45. The molecule has 0 aliphatic carbocycles. The zero-order valence-corrected chi connectivity index (χ0v) is 15.7. The van der Waals surface area contributed by atoms with E-state index >= 15 is 0 Å². The van der Waals surface area contributed by atoms with Gasteiger partial charge in [-0.1, -0.05) is 0 Å². The maximum absolute atomic E-state index is 13.9. The topological polar surface area (TPSA) is 60.1 Å². The predicted molar refractivity (Wildman–Crippen MR) is 99.3 cm³/mol. The molecule has 1 fully saturated rings. The van der Waals surface area contributed by atoms with Crippen molar-refractivity contribution in [2.75, 3.05) is 19.6 Å². The summed E-state index contributed by atoms with van der Waals surface area (Å²) in [5.41, 5.74) is -0.0680. The highest BCUT2D eigenvalue weighted by Gasteiger charge is 2.27. The molecule has 0 bridgehead atoms. The minimum atomic E-state index is -0.796. The number of Topliss-reactive ketones (excluding diaryl/α,β-unsaturated/α-hetero) is 1. The maximum Gasteiger partial charge on any atom is 0.345 e. The Balaban J connectivity index is 1.32. The molecule has 4 rings (SSSR count). The fraction of sp³-hybridized carbons (Fsp3) is 0.550. The summed E-state index contributed by atoms with van der Waals surface area (Å²) in [4.78, 5) is 27.1. The van der Waals surface area contributed by atoms with E-state index in [1.54, 1.807) is 9.25 Å². The monoisotopic (exact) mass is 390 g/mol. The lowest BCUT2D eigenvalue weighted by Gasteiger charge is -2.31. The third-order valence-electron chi connectivity index (χ3n) is 5.81. The summed E-state index contributed by atoms with van der Waals surface area (Å²) >= 11 is 0. The molecule has 0 spiro atoms. The number of nitrogens with zero attached hydrogens (tertiary/aromatic N) is 4. The van der Waals surface area contributed by atoms with Crippen LogP contribution >= 0.6 is 0 Å². The van der Waals surface area contributed by atoms with E-state index in [4.69, 9.17) is 0 Å². The van der Waals surface area contributed by atoms with Crippen LogP contribution in [0, 0.1) is 17.6 Å². The quantitative estimate of drug-likeness (QED) is 0.735. The molecule has 150 valence electrons. The molecule has 0 N–H and O–H groups in total. The van der Waals surface area contributed by atoms with Crippen molar-refractivity contribution in [3.63, 3.8) is 0 Å². The second-order valence-corrected chi connectivity index (χ2v) is 7.64. The van der Waals surface area contributed by atoms with Crippen LogP contribution in [0.25, 0.3) is 0 Å². The van der Waals surface area contributed by atoms with E-state index < -0.39 is 11.6 Å². The molecule has 0 unspecified atom stereocenters. The summed E-state index contributed by atoms with van der Waals surface area (Å²) in [6.45, 7) is 3.40. The molecular formula is C20H24F2N4O2. The van der Waals surface area contributed by atoms with Crippen molar-refractivity contribution < 1.29 is 13.6 Å². The molecular weight excluding hydrogens is 366 g/mol. The number of rotatable bonds is 5. The largest absolute Gasteiger partial charge is 0.345 e. The Hall–Kier alpha value is -2.35. The zero-order valence-electron chi connectivity index (χ0n) is 15.7. The molecule has 1 aromatic heterocycles. The molecule has 0 amide bonds. The van der Waals surface area contributed by atoms with Crippen LogP contribution < -0.4 is 5.69 Å². The fourth-order valence-electron chi connectivity index (χ4n) is 4.16. The number of ketones is 1. The van der Waals surface area contributed by atoms with Crippen molar-refractivity contribution in [1.82, 2.24) is 19.2 Å². The van der Waals surface area contributed by atoms with Crippen molar-refractivity contribution >= 4 is 5.78 Å². The number of carbonyl (C=O) groups is 1. The van der Waals surface area contributed by atoms with Gasteiger partial charge in [-0.2, -0.15) is 5.10 Å². The van der Waals surface area contributed by atoms with Crippen LogP contribution in [-0.2, 0) is 19.5 Å². The highest BCUT2D eigenvalue weighted by atomic mass is 19.1. The Morgan fingerprint density at radius 3 is 2.61 bits per heavy atom. The summed E-state index contributed by atoms with van der Waals surface area (Å²) < 4.78 is 30.2. The fourth-order valence-corrected chi connectivity index (χ4v) is 4.16. The highest BCUT2D eigenvalue weighted by Crippen LogP contribution is 2.23. The van der Waals surface area contributed by atoms with Crippen molar-refractivity contribution in [1.29, 1.82) is 0 Å². The van der Waals surface area contributed by atoms with Gasteiger partial charge in [0, 0.05) is 31.5 Å². The first-order valence-electron chi connectivity index (χ1n) is 9.91. The Morgan fingerprint density at radius 1 is 1.11 bits per heavy atom. The number of carbonyl (C=O) groups excluding carboxylic acids is 1. The maximum atomic E-state index is 13.9. The SMILES string of the molecule is O=C(c1ccc(F)cc1F)C1CCN(CCn2nc3n(c2=O)CCCC3)CC1. The molecule has 2 aromatic rings. The number of aryl methyl sites for hydroxylation is 1. The normalized spacial score (nSPS) is 18.2. The van der Waals surface area contributed by atoms with E-state index in [-0.39, 0.29) is 23.0 Å². The minimum Gasteiger partial charge on any atom is -0.301 e. The highest BCUT2D eigenvalue weighted by molar-refractivity contribution is 5.98. The van der Waals surface area contributed by atoms with Crippen molar-refractivity contribution in [2.24, 2.45) is 5.92 Å². The minimum absolute atomic E-state index is 0.0324. The van der Waals surface area contributed by atoms with E-state index in [0.717, 1.165) is 43.8 Å². The first kappa shape index (κ1) is 19.0. The number of hydrogen-bond donors (Lipinski definition) is 0. The van der Waals surface area contributed by atoms with Crippen LogP contribution in [0.4, 0.5) is 8.78 Å². The van der Waals surface area contributed by atoms with Gasteiger partial charge in [0.25, 0.3) is 0 Å². The standard InChI is InChI=1S/C20H24F2N4O2/c21-15-4-5-16(17(22)13-15)19(27)14-6-9-24(10-7-14)11-12-26-20(28)25-8-2-1-3-18(25)23-26/h4-5,13-14H,1-3,6-12H2. The first-order chi connectivity index (χ1) is 13.5. The van der Waals surface area contributed by atoms with E-state index in [1.807, 2.05) is 0 Å². The molecule has 1 aromatic carbocycles. The van der Waals surface area contributed by atoms with Crippen LogP contribution in [-0.4, -0.2) is 44.7 Å².